The number of rotatable bonds is 10. The van der Waals surface area contributed by atoms with E-state index >= 15 is 0 Å². The molecule has 0 saturated carbocycles. The van der Waals surface area contributed by atoms with Crippen LogP contribution in [0.3, 0.4) is 0 Å². The molecule has 0 N–H and O–H groups in total. The summed E-state index contributed by atoms with van der Waals surface area (Å²) in [6.07, 6.45) is 1.43. The monoisotopic (exact) mass is 278 g/mol. The van der Waals surface area contributed by atoms with E-state index in [4.69, 9.17) is 18.3 Å². The number of carbonyl (C=O) groups excluding carboxylic acids is 1. The van der Waals surface area contributed by atoms with Gasteiger partial charge in [0, 0.05) is 20.0 Å². The van der Waals surface area contributed by atoms with E-state index in [1.165, 1.54) is 0 Å². The van der Waals surface area contributed by atoms with Crippen molar-refractivity contribution in [3.8, 4) is 0 Å². The van der Waals surface area contributed by atoms with Crippen molar-refractivity contribution in [3.05, 3.63) is 0 Å². The van der Waals surface area contributed by atoms with Gasteiger partial charge in [0.05, 0.1) is 0 Å². The Hall–Kier alpha value is -0.433. The van der Waals surface area contributed by atoms with Crippen molar-refractivity contribution >= 4 is 14.5 Å². The molecule has 0 saturated heterocycles. The van der Waals surface area contributed by atoms with Crippen LogP contribution in [-0.2, 0) is 23.1 Å². The first-order chi connectivity index (χ1) is 8.51. The highest BCUT2D eigenvalue weighted by atomic mass is 28.4. The topological polar surface area (TPSA) is 54.0 Å². The van der Waals surface area contributed by atoms with E-state index in [1.54, 1.807) is 14.0 Å². The molecule has 18 heavy (non-hydrogen) atoms. The normalized spacial score (nSPS) is 16.1. The lowest BCUT2D eigenvalue weighted by molar-refractivity contribution is -0.194. The number of hydrogen-bond donors (Lipinski definition) is 0. The summed E-state index contributed by atoms with van der Waals surface area (Å²) >= 11 is 0. The smallest absolute Gasteiger partial charge is 0.336 e. The highest BCUT2D eigenvalue weighted by Crippen LogP contribution is 2.15. The van der Waals surface area contributed by atoms with Crippen molar-refractivity contribution < 1.29 is 23.1 Å². The molecule has 0 aliphatic heterocycles. The van der Waals surface area contributed by atoms with Crippen molar-refractivity contribution in [2.45, 2.75) is 58.9 Å². The van der Waals surface area contributed by atoms with Crippen LogP contribution in [0, 0.1) is 0 Å². The summed E-state index contributed by atoms with van der Waals surface area (Å²) in [6, 6.07) is 0.915. The fourth-order valence-corrected chi connectivity index (χ4v) is 3.08. The first-order valence-electron chi connectivity index (χ1n) is 6.51. The van der Waals surface area contributed by atoms with E-state index in [0.29, 0.717) is 12.8 Å². The van der Waals surface area contributed by atoms with Gasteiger partial charge in [-0.3, -0.25) is 4.79 Å². The number of ether oxygens (including phenoxy) is 2. The van der Waals surface area contributed by atoms with Crippen molar-refractivity contribution in [3.63, 3.8) is 0 Å². The molecule has 2 unspecified atom stereocenters. The molecule has 0 aromatic rings. The highest BCUT2D eigenvalue weighted by molar-refractivity contribution is 6.65. The maximum atomic E-state index is 11.1. The van der Waals surface area contributed by atoms with Gasteiger partial charge < -0.3 is 18.3 Å². The van der Waals surface area contributed by atoms with Gasteiger partial charge >= 0.3 is 14.5 Å². The molecular weight excluding hydrogens is 252 g/mol. The molecule has 0 radical (unpaired) electrons. The lowest BCUT2D eigenvalue weighted by atomic mass is 10.4. The van der Waals surface area contributed by atoms with Crippen LogP contribution in [0.5, 0.6) is 0 Å². The Morgan fingerprint density at radius 3 is 2.39 bits per heavy atom. The van der Waals surface area contributed by atoms with Crippen molar-refractivity contribution in [1.82, 2.24) is 0 Å². The van der Waals surface area contributed by atoms with Gasteiger partial charge in [0.2, 0.25) is 6.29 Å². The first kappa shape index (κ1) is 17.6. The predicted octanol–water partition coefficient (Wildman–Crippen LogP) is 2.79. The van der Waals surface area contributed by atoms with Gasteiger partial charge in [-0.2, -0.15) is 0 Å². The average molecular weight is 278 g/mol. The minimum atomic E-state index is -2.12. The minimum absolute atomic E-state index is 0.103. The van der Waals surface area contributed by atoms with Crippen LogP contribution in [0.4, 0.5) is 0 Å². The molecule has 0 fully saturated rings. The fraction of sp³-hybridized carbons (Fsp3) is 0.917. The molecule has 0 aromatic carbocycles. The summed E-state index contributed by atoms with van der Waals surface area (Å²) in [5.41, 5.74) is 0. The van der Waals surface area contributed by atoms with Gasteiger partial charge in [-0.1, -0.05) is 27.2 Å². The Morgan fingerprint density at radius 2 is 1.94 bits per heavy atom. The fourth-order valence-electron chi connectivity index (χ4n) is 1.39. The standard InChI is InChI=1S/C12H26O5Si/c1-6-9-18(5,14-4)16-10-15-12(8-3)17-11(13)7-2/h12H,6-10H2,1-5H3. The van der Waals surface area contributed by atoms with Crippen LogP contribution in [0.2, 0.25) is 12.6 Å². The molecule has 0 amide bonds. The number of carbonyl (C=O) groups is 1. The first-order valence-corrected chi connectivity index (χ1v) is 9.03. The maximum absolute atomic E-state index is 11.1. The lowest BCUT2D eigenvalue weighted by Gasteiger charge is -2.25. The van der Waals surface area contributed by atoms with Gasteiger partial charge in [-0.25, -0.2) is 0 Å². The van der Waals surface area contributed by atoms with E-state index in [2.05, 4.69) is 6.92 Å². The van der Waals surface area contributed by atoms with Crippen molar-refractivity contribution in [2.24, 2.45) is 0 Å². The molecule has 5 nitrogen and oxygen atoms in total. The minimum Gasteiger partial charge on any atom is -0.436 e. The summed E-state index contributed by atoms with van der Waals surface area (Å²) < 4.78 is 21.6. The van der Waals surface area contributed by atoms with Crippen LogP contribution in [0.25, 0.3) is 0 Å². The van der Waals surface area contributed by atoms with Crippen LogP contribution in [-0.4, -0.2) is 34.7 Å². The van der Waals surface area contributed by atoms with Gasteiger partial charge in [-0.15, -0.1) is 0 Å². The lowest BCUT2D eigenvalue weighted by Crippen LogP contribution is -2.38. The third kappa shape index (κ3) is 7.10. The summed E-state index contributed by atoms with van der Waals surface area (Å²) in [7, 11) is -0.454. The molecule has 0 aromatic heterocycles. The van der Waals surface area contributed by atoms with Gasteiger partial charge in [-0.05, 0) is 12.6 Å². The van der Waals surface area contributed by atoms with Gasteiger partial charge in [0.15, 0.2) is 0 Å². The predicted molar refractivity (Wildman–Crippen MR) is 71.2 cm³/mol. The van der Waals surface area contributed by atoms with E-state index in [1.807, 2.05) is 13.5 Å². The Balaban J connectivity index is 4.01. The summed E-state index contributed by atoms with van der Waals surface area (Å²) in [5.74, 6) is -0.262. The van der Waals surface area contributed by atoms with Crippen LogP contribution < -0.4 is 0 Å². The molecule has 0 spiro atoms. The Kier molecular flexibility index (Phi) is 9.26. The second-order valence-electron chi connectivity index (χ2n) is 4.20. The molecule has 0 heterocycles. The Bertz CT molecular complexity index is 237. The number of hydrogen-bond acceptors (Lipinski definition) is 5. The zero-order valence-electron chi connectivity index (χ0n) is 12.2. The molecule has 6 heteroatoms. The number of esters is 1. The summed E-state index contributed by atoms with van der Waals surface area (Å²) in [5, 5.41) is 0. The van der Waals surface area contributed by atoms with Gasteiger partial charge in [0.25, 0.3) is 0 Å². The van der Waals surface area contributed by atoms with E-state index in [0.717, 1.165) is 12.5 Å². The third-order valence-corrected chi connectivity index (χ3v) is 5.64. The average Bonchev–Trinajstić information content (AvgIpc) is 2.37. The second-order valence-corrected chi connectivity index (χ2v) is 7.66. The van der Waals surface area contributed by atoms with Crippen LogP contribution >= 0.6 is 0 Å². The zero-order chi connectivity index (χ0) is 14.0. The SMILES string of the molecule is CCC[Si](C)(OC)OCOC(CC)OC(=O)CC. The van der Waals surface area contributed by atoms with E-state index in [-0.39, 0.29) is 12.8 Å². The maximum Gasteiger partial charge on any atom is 0.336 e. The second kappa shape index (κ2) is 9.49. The van der Waals surface area contributed by atoms with Crippen molar-refractivity contribution in [1.29, 1.82) is 0 Å². The molecule has 0 rings (SSSR count). The van der Waals surface area contributed by atoms with Crippen LogP contribution in [0.15, 0.2) is 0 Å². The Morgan fingerprint density at radius 1 is 1.28 bits per heavy atom. The molecular formula is C12H26O5Si. The molecule has 0 bridgehead atoms. The van der Waals surface area contributed by atoms with Crippen LogP contribution in [0.1, 0.15) is 40.0 Å². The largest absolute Gasteiger partial charge is 0.436 e. The molecule has 108 valence electrons. The van der Waals surface area contributed by atoms with Gasteiger partial charge in [0.1, 0.15) is 6.79 Å². The molecule has 0 aliphatic carbocycles. The molecule has 0 aliphatic rings. The summed E-state index contributed by atoms with van der Waals surface area (Å²) in [6.45, 7) is 7.84. The van der Waals surface area contributed by atoms with E-state index < -0.39 is 14.9 Å². The highest BCUT2D eigenvalue weighted by Gasteiger charge is 2.29. The quantitative estimate of drug-likeness (QED) is 0.349. The third-order valence-electron chi connectivity index (χ3n) is 2.64. The zero-order valence-corrected chi connectivity index (χ0v) is 13.2. The molecule has 2 atom stereocenters. The Labute approximate surface area is 111 Å². The summed E-state index contributed by atoms with van der Waals surface area (Å²) in [4.78, 5) is 11.1. The van der Waals surface area contributed by atoms with Crippen molar-refractivity contribution in [2.75, 3.05) is 13.9 Å². The van der Waals surface area contributed by atoms with E-state index in [9.17, 15) is 4.79 Å².